The molecule has 1 aromatic carbocycles. The number of nitrogens with one attached hydrogen (secondary N) is 3. The minimum absolute atomic E-state index is 0.276. The first-order valence-corrected chi connectivity index (χ1v) is 13.3. The van der Waals surface area contributed by atoms with Gasteiger partial charge in [0.05, 0.1) is 39.7 Å². The molecule has 0 radical (unpaired) electrons. The largest absolute Gasteiger partial charge is 0.373 e. The van der Waals surface area contributed by atoms with Crippen molar-refractivity contribution in [3.8, 4) is 33.3 Å². The highest BCUT2D eigenvalue weighted by molar-refractivity contribution is 7.13. The summed E-state index contributed by atoms with van der Waals surface area (Å²) in [6.45, 7) is 0. The van der Waals surface area contributed by atoms with Crippen LogP contribution in [0.5, 0.6) is 0 Å². The quantitative estimate of drug-likeness (QED) is 0.185. The van der Waals surface area contributed by atoms with E-state index in [4.69, 9.17) is 4.98 Å². The standard InChI is InChI=1S/C29H21FN8OS/c30-24-7-6-23(40-24)28-27-20(8-9-32-28)35-29(36-27)26-19-12-21(33-15-22(19)37-38-26)17-11-18(14-31-13-17)34-25(39)10-16-4-2-1-3-5-16/h1-9,11-15,25,34,39H,10H2,(H,35,36)(H,37,38). The number of halogens is 1. The van der Waals surface area contributed by atoms with E-state index < -0.39 is 6.23 Å². The van der Waals surface area contributed by atoms with Gasteiger partial charge in [0.15, 0.2) is 11.0 Å². The smallest absolute Gasteiger partial charge is 0.177 e. The molecule has 0 saturated carbocycles. The third kappa shape index (κ3) is 4.57. The summed E-state index contributed by atoms with van der Waals surface area (Å²) in [6.07, 6.45) is 6.47. The Bertz CT molecular complexity index is 1970. The Hall–Kier alpha value is -5.00. The molecule has 9 nitrogen and oxygen atoms in total. The van der Waals surface area contributed by atoms with Gasteiger partial charge in [-0.3, -0.25) is 20.1 Å². The number of hydrogen-bond donors (Lipinski definition) is 4. The molecule has 0 fully saturated rings. The van der Waals surface area contributed by atoms with Gasteiger partial charge in [0.25, 0.3) is 0 Å². The van der Waals surface area contributed by atoms with E-state index in [1.54, 1.807) is 30.9 Å². The minimum Gasteiger partial charge on any atom is -0.373 e. The second-order valence-corrected chi connectivity index (χ2v) is 10.3. The van der Waals surface area contributed by atoms with Crippen molar-refractivity contribution in [3.63, 3.8) is 0 Å². The molecule has 0 spiro atoms. The van der Waals surface area contributed by atoms with Gasteiger partial charge < -0.3 is 15.4 Å². The molecule has 196 valence electrons. The third-order valence-corrected chi connectivity index (χ3v) is 7.40. The van der Waals surface area contributed by atoms with Crippen LogP contribution in [-0.2, 0) is 6.42 Å². The lowest BCUT2D eigenvalue weighted by Gasteiger charge is -2.14. The summed E-state index contributed by atoms with van der Waals surface area (Å²) >= 11 is 1.03. The lowest BCUT2D eigenvalue weighted by molar-refractivity contribution is 0.204. The molecule has 6 heterocycles. The van der Waals surface area contributed by atoms with Crippen LogP contribution in [0.15, 0.2) is 85.5 Å². The van der Waals surface area contributed by atoms with Gasteiger partial charge in [-0.15, -0.1) is 11.3 Å². The van der Waals surface area contributed by atoms with Crippen LogP contribution in [0, 0.1) is 5.13 Å². The number of thiophene rings is 1. The molecule has 0 aliphatic carbocycles. The van der Waals surface area contributed by atoms with E-state index >= 15 is 0 Å². The number of anilines is 1. The third-order valence-electron chi connectivity index (χ3n) is 6.52. The molecule has 0 aliphatic heterocycles. The SMILES string of the molecule is OC(Cc1ccccc1)Nc1cncc(-c2cc3c(-c4nc5c(-c6ccc(F)s6)nccc5[nH]4)n[nH]c3cn2)c1. The Morgan fingerprint density at radius 3 is 2.70 bits per heavy atom. The van der Waals surface area contributed by atoms with Crippen LogP contribution < -0.4 is 5.32 Å². The van der Waals surface area contributed by atoms with Gasteiger partial charge in [-0.1, -0.05) is 30.3 Å². The van der Waals surface area contributed by atoms with Gasteiger partial charge >= 0.3 is 0 Å². The first kappa shape index (κ1) is 24.1. The maximum absolute atomic E-state index is 13.7. The molecular weight excluding hydrogens is 527 g/mol. The molecule has 7 aromatic rings. The lowest BCUT2D eigenvalue weighted by atomic mass is 10.1. The predicted octanol–water partition coefficient (Wildman–Crippen LogP) is 5.80. The van der Waals surface area contributed by atoms with Crippen LogP contribution in [0.4, 0.5) is 10.1 Å². The maximum atomic E-state index is 13.7. The second kappa shape index (κ2) is 9.95. The first-order valence-electron chi connectivity index (χ1n) is 12.5. The zero-order valence-corrected chi connectivity index (χ0v) is 21.7. The summed E-state index contributed by atoms with van der Waals surface area (Å²) < 4.78 is 13.7. The predicted molar refractivity (Wildman–Crippen MR) is 153 cm³/mol. The van der Waals surface area contributed by atoms with Crippen LogP contribution in [0.1, 0.15) is 5.56 Å². The molecule has 4 N–H and O–H groups in total. The van der Waals surface area contributed by atoms with E-state index in [0.29, 0.717) is 45.4 Å². The van der Waals surface area contributed by atoms with Gasteiger partial charge in [0.1, 0.15) is 23.1 Å². The van der Waals surface area contributed by atoms with E-state index in [-0.39, 0.29) is 5.13 Å². The second-order valence-electron chi connectivity index (χ2n) is 9.24. The van der Waals surface area contributed by atoms with Crippen LogP contribution in [0.2, 0.25) is 0 Å². The number of fused-ring (bicyclic) bond motifs is 2. The Labute approximate surface area is 230 Å². The molecule has 1 atom stereocenters. The number of pyridine rings is 3. The highest BCUT2D eigenvalue weighted by Gasteiger charge is 2.18. The summed E-state index contributed by atoms with van der Waals surface area (Å²) in [5.74, 6) is 0.558. The molecule has 7 rings (SSSR count). The van der Waals surface area contributed by atoms with Gasteiger partial charge in [-0.25, -0.2) is 4.98 Å². The Kier molecular flexibility index (Phi) is 5.99. The fraction of sp³-hybridized carbons (Fsp3) is 0.0690. The topological polar surface area (TPSA) is 128 Å². The number of aliphatic hydroxyl groups is 1. The van der Waals surface area contributed by atoms with Gasteiger partial charge in [0.2, 0.25) is 0 Å². The average Bonchev–Trinajstić information content (AvgIpc) is 3.71. The number of imidazole rings is 1. The van der Waals surface area contributed by atoms with Crippen molar-refractivity contribution in [1.82, 2.24) is 35.1 Å². The molecule has 40 heavy (non-hydrogen) atoms. The van der Waals surface area contributed by atoms with Crippen molar-refractivity contribution < 1.29 is 9.50 Å². The molecule has 6 aromatic heterocycles. The number of aliphatic hydroxyl groups excluding tert-OH is 1. The van der Waals surface area contributed by atoms with E-state index in [1.807, 2.05) is 48.5 Å². The number of benzene rings is 1. The molecule has 1 unspecified atom stereocenters. The normalized spacial score (nSPS) is 12.2. The van der Waals surface area contributed by atoms with Crippen molar-refractivity contribution in [2.45, 2.75) is 12.6 Å². The van der Waals surface area contributed by atoms with Gasteiger partial charge in [-0.2, -0.15) is 9.49 Å². The summed E-state index contributed by atoms with van der Waals surface area (Å²) in [7, 11) is 0. The van der Waals surface area contributed by atoms with E-state index in [2.05, 4.69) is 35.5 Å². The number of hydrogen-bond acceptors (Lipinski definition) is 8. The van der Waals surface area contributed by atoms with Crippen molar-refractivity contribution >= 4 is 39.0 Å². The van der Waals surface area contributed by atoms with Crippen LogP contribution in [0.25, 0.3) is 55.3 Å². The molecular formula is C29H21FN8OS. The summed E-state index contributed by atoms with van der Waals surface area (Å²) in [5, 5.41) is 21.7. The summed E-state index contributed by atoms with van der Waals surface area (Å²) in [5.41, 5.74) is 6.58. The van der Waals surface area contributed by atoms with Gasteiger partial charge in [0, 0.05) is 29.8 Å². The highest BCUT2D eigenvalue weighted by Crippen LogP contribution is 2.34. The molecule has 0 bridgehead atoms. The molecule has 11 heteroatoms. The van der Waals surface area contributed by atoms with Crippen molar-refractivity contribution in [2.24, 2.45) is 0 Å². The van der Waals surface area contributed by atoms with Crippen molar-refractivity contribution in [1.29, 1.82) is 0 Å². The zero-order chi connectivity index (χ0) is 27.1. The number of aromatic amines is 2. The Morgan fingerprint density at radius 1 is 0.950 bits per heavy atom. The monoisotopic (exact) mass is 548 g/mol. The highest BCUT2D eigenvalue weighted by atomic mass is 32.1. The van der Waals surface area contributed by atoms with E-state index in [0.717, 1.165) is 38.9 Å². The molecule has 0 aliphatic rings. The number of H-pyrrole nitrogens is 2. The Morgan fingerprint density at radius 2 is 1.85 bits per heavy atom. The fourth-order valence-corrected chi connectivity index (χ4v) is 5.39. The Balaban J connectivity index is 1.21. The first-order chi connectivity index (χ1) is 19.6. The van der Waals surface area contributed by atoms with Gasteiger partial charge in [-0.05, 0) is 35.9 Å². The van der Waals surface area contributed by atoms with Crippen LogP contribution in [-0.4, -0.2) is 46.5 Å². The summed E-state index contributed by atoms with van der Waals surface area (Å²) in [4.78, 5) is 22.2. The zero-order valence-electron chi connectivity index (χ0n) is 20.8. The van der Waals surface area contributed by atoms with Crippen LogP contribution in [0.3, 0.4) is 0 Å². The van der Waals surface area contributed by atoms with E-state index in [1.165, 1.54) is 6.07 Å². The fourth-order valence-electron chi connectivity index (χ4n) is 4.66. The number of nitrogens with zero attached hydrogens (tertiary/aromatic N) is 5. The minimum atomic E-state index is -0.770. The lowest BCUT2D eigenvalue weighted by Crippen LogP contribution is -2.21. The maximum Gasteiger partial charge on any atom is 0.177 e. The average molecular weight is 549 g/mol. The molecule has 0 amide bonds. The van der Waals surface area contributed by atoms with Crippen LogP contribution >= 0.6 is 11.3 Å². The summed E-state index contributed by atoms with van der Waals surface area (Å²) in [6, 6.07) is 18.6. The number of aromatic nitrogens is 7. The van der Waals surface area contributed by atoms with E-state index in [9.17, 15) is 9.50 Å². The van der Waals surface area contributed by atoms with Crippen molar-refractivity contribution in [3.05, 3.63) is 96.1 Å². The number of rotatable bonds is 7. The molecule has 0 saturated heterocycles. The van der Waals surface area contributed by atoms with Crippen molar-refractivity contribution in [2.75, 3.05) is 5.32 Å².